The standard InChI is InChI=1S/C58H40OS/c1-4-17-38(18-5-1)35-47(45-25-16-30-54-57(45)46-33-31-42(37-55(46)60-54)56(39-19-6-2-7-20-39)40-21-8-3-9-22-40)41-32-34-51-53(36-41)59-52-29-15-14-28-50(52)58(51)48-26-12-10-23-43(48)44-24-11-13-27-49(44)58/h1-34,36-37,47,56H,35H2. The number of hydrogen-bond acceptors (Lipinski definition) is 2. The Morgan fingerprint density at radius 1 is 0.417 bits per heavy atom. The summed E-state index contributed by atoms with van der Waals surface area (Å²) in [6.45, 7) is 0. The van der Waals surface area contributed by atoms with Crippen LogP contribution in [0.15, 0.2) is 218 Å². The Labute approximate surface area is 354 Å². The van der Waals surface area contributed by atoms with Crippen molar-refractivity contribution in [3.05, 3.63) is 274 Å². The lowest BCUT2D eigenvalue weighted by Gasteiger charge is -2.39. The van der Waals surface area contributed by atoms with Gasteiger partial charge < -0.3 is 4.74 Å². The van der Waals surface area contributed by atoms with Gasteiger partial charge in [-0.1, -0.05) is 194 Å². The van der Waals surface area contributed by atoms with E-state index in [4.69, 9.17) is 4.74 Å². The fraction of sp³-hybridized carbons (Fsp3) is 0.0690. The fourth-order valence-corrected chi connectivity index (χ4v) is 11.7. The van der Waals surface area contributed by atoms with Gasteiger partial charge in [-0.3, -0.25) is 0 Å². The van der Waals surface area contributed by atoms with Crippen molar-refractivity contribution in [1.82, 2.24) is 0 Å². The molecule has 10 aromatic rings. The molecule has 0 fully saturated rings. The van der Waals surface area contributed by atoms with E-state index in [0.717, 1.165) is 17.9 Å². The number of para-hydroxylation sites is 1. The van der Waals surface area contributed by atoms with E-state index in [1.54, 1.807) is 0 Å². The van der Waals surface area contributed by atoms with Crippen molar-refractivity contribution >= 4 is 31.5 Å². The molecule has 9 aromatic carbocycles. The summed E-state index contributed by atoms with van der Waals surface area (Å²) < 4.78 is 9.66. The zero-order valence-corrected chi connectivity index (χ0v) is 33.8. The molecule has 1 spiro atoms. The molecule has 1 aromatic heterocycles. The summed E-state index contributed by atoms with van der Waals surface area (Å²) in [5, 5.41) is 2.66. The van der Waals surface area contributed by atoms with E-state index < -0.39 is 5.41 Å². The monoisotopic (exact) mass is 784 g/mol. The summed E-state index contributed by atoms with van der Waals surface area (Å²) in [6, 6.07) is 80.6. The molecule has 0 saturated heterocycles. The normalized spacial score (nSPS) is 13.8. The van der Waals surface area contributed by atoms with E-state index in [-0.39, 0.29) is 11.8 Å². The number of ether oxygens (including phenoxy) is 1. The van der Waals surface area contributed by atoms with Crippen LogP contribution in [0.3, 0.4) is 0 Å². The third-order valence-corrected chi connectivity index (χ3v) is 14.2. The molecular weight excluding hydrogens is 745 g/mol. The van der Waals surface area contributed by atoms with Gasteiger partial charge in [0.1, 0.15) is 11.5 Å². The average Bonchev–Trinajstić information content (AvgIpc) is 3.83. The summed E-state index contributed by atoms with van der Waals surface area (Å²) in [7, 11) is 0. The molecule has 12 rings (SSSR count). The third-order valence-electron chi connectivity index (χ3n) is 13.1. The topological polar surface area (TPSA) is 9.23 Å². The lowest BCUT2D eigenvalue weighted by molar-refractivity contribution is 0.435. The number of fused-ring (bicyclic) bond motifs is 12. The van der Waals surface area contributed by atoms with Crippen LogP contribution in [0.4, 0.5) is 0 Å². The Bertz CT molecular complexity index is 3130. The summed E-state index contributed by atoms with van der Waals surface area (Å²) >= 11 is 1.91. The Hall–Kier alpha value is -7.00. The van der Waals surface area contributed by atoms with Gasteiger partial charge >= 0.3 is 0 Å². The maximum absolute atomic E-state index is 7.02. The molecule has 0 saturated carbocycles. The molecule has 0 N–H and O–H groups in total. The van der Waals surface area contributed by atoms with Crippen LogP contribution in [-0.2, 0) is 11.8 Å². The predicted octanol–water partition coefficient (Wildman–Crippen LogP) is 15.1. The van der Waals surface area contributed by atoms with Crippen LogP contribution >= 0.6 is 11.3 Å². The number of benzene rings is 9. The van der Waals surface area contributed by atoms with E-state index in [0.29, 0.717) is 0 Å². The van der Waals surface area contributed by atoms with Gasteiger partial charge in [0.05, 0.1) is 5.41 Å². The first kappa shape index (κ1) is 35.0. The molecule has 0 bridgehead atoms. The van der Waals surface area contributed by atoms with Gasteiger partial charge in [-0.15, -0.1) is 11.3 Å². The first-order valence-electron chi connectivity index (χ1n) is 21.0. The second-order valence-electron chi connectivity index (χ2n) is 16.3. The Kier molecular flexibility index (Phi) is 8.21. The molecule has 284 valence electrons. The average molecular weight is 785 g/mol. The van der Waals surface area contributed by atoms with Gasteiger partial charge in [0, 0.05) is 43.1 Å². The molecule has 60 heavy (non-hydrogen) atoms. The van der Waals surface area contributed by atoms with Crippen molar-refractivity contribution in [2.45, 2.75) is 23.7 Å². The van der Waals surface area contributed by atoms with Gasteiger partial charge in [-0.25, -0.2) is 0 Å². The third kappa shape index (κ3) is 5.38. The minimum absolute atomic E-state index is 0.0835. The quantitative estimate of drug-likeness (QED) is 0.146. The van der Waals surface area contributed by atoms with Crippen LogP contribution in [0.2, 0.25) is 0 Å². The van der Waals surface area contributed by atoms with E-state index in [2.05, 4.69) is 218 Å². The van der Waals surface area contributed by atoms with Gasteiger partial charge in [0.15, 0.2) is 0 Å². The summed E-state index contributed by atoms with van der Waals surface area (Å²) in [4.78, 5) is 0. The molecule has 1 aliphatic heterocycles. The molecule has 2 heterocycles. The maximum atomic E-state index is 7.02. The van der Waals surface area contributed by atoms with E-state index in [1.807, 2.05) is 11.3 Å². The Morgan fingerprint density at radius 3 is 1.70 bits per heavy atom. The predicted molar refractivity (Wildman–Crippen MR) is 249 cm³/mol. The number of thiophene rings is 1. The SMILES string of the molecule is c1ccc(CC(c2ccc3c(c2)Oc2ccccc2C32c3ccccc3-c3ccccc32)c2cccc3sc4cc(C(c5ccccc5)c5ccccc5)ccc4c23)cc1. The highest BCUT2D eigenvalue weighted by Gasteiger charge is 2.51. The summed E-state index contributed by atoms with van der Waals surface area (Å²) in [6.07, 6.45) is 0.867. The van der Waals surface area contributed by atoms with Gasteiger partial charge in [-0.2, -0.15) is 0 Å². The van der Waals surface area contributed by atoms with Gasteiger partial charge in [0.2, 0.25) is 0 Å². The molecular formula is C58H40OS. The van der Waals surface area contributed by atoms with Crippen molar-refractivity contribution < 1.29 is 4.74 Å². The highest BCUT2D eigenvalue weighted by Crippen LogP contribution is 2.62. The lowest BCUT2D eigenvalue weighted by atomic mass is 9.66. The summed E-state index contributed by atoms with van der Waals surface area (Å²) in [5.74, 6) is 2.07. The van der Waals surface area contributed by atoms with Crippen molar-refractivity contribution in [3.8, 4) is 22.6 Å². The van der Waals surface area contributed by atoms with Crippen molar-refractivity contribution in [2.24, 2.45) is 0 Å². The largest absolute Gasteiger partial charge is 0.457 e. The number of hydrogen-bond donors (Lipinski definition) is 0. The molecule has 0 amide bonds. The van der Waals surface area contributed by atoms with Crippen LogP contribution in [0, 0.1) is 0 Å². The fourth-order valence-electron chi connectivity index (χ4n) is 10.6. The molecule has 1 atom stereocenters. The molecule has 1 aliphatic carbocycles. The van der Waals surface area contributed by atoms with E-state index >= 15 is 0 Å². The smallest absolute Gasteiger partial charge is 0.132 e. The van der Waals surface area contributed by atoms with Gasteiger partial charge in [0.25, 0.3) is 0 Å². The van der Waals surface area contributed by atoms with Crippen LogP contribution in [0.5, 0.6) is 11.5 Å². The molecule has 2 heteroatoms. The molecule has 0 radical (unpaired) electrons. The van der Waals surface area contributed by atoms with Crippen LogP contribution < -0.4 is 4.74 Å². The number of rotatable bonds is 7. The van der Waals surface area contributed by atoms with Crippen molar-refractivity contribution in [2.75, 3.05) is 0 Å². The lowest BCUT2D eigenvalue weighted by Crippen LogP contribution is -2.32. The Morgan fingerprint density at radius 2 is 1.00 bits per heavy atom. The van der Waals surface area contributed by atoms with Crippen LogP contribution in [-0.4, -0.2) is 0 Å². The second-order valence-corrected chi connectivity index (χ2v) is 17.4. The first-order valence-corrected chi connectivity index (χ1v) is 21.8. The molecule has 1 unspecified atom stereocenters. The summed E-state index contributed by atoms with van der Waals surface area (Å²) in [5.41, 5.74) is 14.9. The second kappa shape index (κ2) is 14.1. The van der Waals surface area contributed by atoms with Crippen molar-refractivity contribution in [3.63, 3.8) is 0 Å². The minimum atomic E-state index is -0.483. The zero-order chi connectivity index (χ0) is 39.6. The zero-order valence-electron chi connectivity index (χ0n) is 33.0. The van der Waals surface area contributed by atoms with E-state index in [1.165, 1.54) is 86.9 Å². The molecule has 1 nitrogen and oxygen atoms in total. The van der Waals surface area contributed by atoms with Crippen LogP contribution in [0.25, 0.3) is 31.3 Å². The van der Waals surface area contributed by atoms with Crippen LogP contribution in [0.1, 0.15) is 67.5 Å². The van der Waals surface area contributed by atoms with Gasteiger partial charge in [-0.05, 0) is 86.3 Å². The highest BCUT2D eigenvalue weighted by molar-refractivity contribution is 7.25. The van der Waals surface area contributed by atoms with Crippen molar-refractivity contribution in [1.29, 1.82) is 0 Å². The minimum Gasteiger partial charge on any atom is -0.457 e. The first-order chi connectivity index (χ1) is 29.8. The highest BCUT2D eigenvalue weighted by atomic mass is 32.1. The van der Waals surface area contributed by atoms with E-state index in [9.17, 15) is 0 Å². The maximum Gasteiger partial charge on any atom is 0.132 e. The molecule has 2 aliphatic rings. The Balaban J connectivity index is 1.04.